The zero-order chi connectivity index (χ0) is 16.2. The van der Waals surface area contributed by atoms with Crippen molar-refractivity contribution in [3.8, 4) is 0 Å². The molecule has 1 amide bonds. The Labute approximate surface area is 136 Å². The average Bonchev–Trinajstić information content (AvgIpc) is 2.97. The summed E-state index contributed by atoms with van der Waals surface area (Å²) in [6.45, 7) is 3.22. The van der Waals surface area contributed by atoms with E-state index in [-0.39, 0.29) is 11.7 Å². The van der Waals surface area contributed by atoms with Gasteiger partial charge < -0.3 is 15.5 Å². The zero-order valence-electron chi connectivity index (χ0n) is 13.6. The van der Waals surface area contributed by atoms with Gasteiger partial charge in [0.15, 0.2) is 11.6 Å². The maximum Gasteiger partial charge on any atom is 0.217 e. The summed E-state index contributed by atoms with van der Waals surface area (Å²) in [5.74, 6) is 0.278. The van der Waals surface area contributed by atoms with Crippen LogP contribution in [-0.2, 0) is 4.79 Å². The minimum Gasteiger partial charge on any atom is -0.354 e. The summed E-state index contributed by atoms with van der Waals surface area (Å²) in [4.78, 5) is 17.3. The first-order chi connectivity index (χ1) is 11.1. The zero-order valence-corrected chi connectivity index (χ0v) is 13.6. The van der Waals surface area contributed by atoms with Crippen molar-refractivity contribution in [1.82, 2.24) is 15.6 Å². The molecular weight excluding hydrogens is 295 g/mol. The molecule has 2 heterocycles. The topological polar surface area (TPSA) is 57.3 Å². The lowest BCUT2D eigenvalue weighted by Gasteiger charge is -2.31. The van der Waals surface area contributed by atoms with Crippen molar-refractivity contribution < 1.29 is 9.18 Å². The monoisotopic (exact) mass is 320 g/mol. The molecule has 1 aliphatic carbocycles. The van der Waals surface area contributed by atoms with Gasteiger partial charge in [-0.25, -0.2) is 9.37 Å². The van der Waals surface area contributed by atoms with Crippen LogP contribution in [0.15, 0.2) is 18.3 Å². The van der Waals surface area contributed by atoms with E-state index in [1.165, 1.54) is 6.07 Å². The summed E-state index contributed by atoms with van der Waals surface area (Å²) in [6, 6.07) is 4.30. The molecule has 2 N–H and O–H groups in total. The number of halogens is 1. The molecule has 0 bridgehead atoms. The SMILES string of the molecule is CC(=O)NC1CCC(NC2CCN(c3ncccc3F)C2)CC1. The van der Waals surface area contributed by atoms with E-state index in [1.54, 1.807) is 19.2 Å². The number of aromatic nitrogens is 1. The molecule has 2 fully saturated rings. The van der Waals surface area contributed by atoms with Gasteiger partial charge in [0, 0.05) is 44.3 Å². The van der Waals surface area contributed by atoms with Crippen LogP contribution in [0.1, 0.15) is 39.0 Å². The maximum absolute atomic E-state index is 13.8. The van der Waals surface area contributed by atoms with Crippen LogP contribution >= 0.6 is 0 Å². The number of nitrogens with zero attached hydrogens (tertiary/aromatic N) is 2. The number of amides is 1. The van der Waals surface area contributed by atoms with Gasteiger partial charge in [-0.3, -0.25) is 4.79 Å². The second-order valence-electron chi connectivity index (χ2n) is 6.66. The molecule has 1 aromatic heterocycles. The number of pyridine rings is 1. The normalized spacial score (nSPS) is 27.9. The molecule has 6 heteroatoms. The molecule has 5 nitrogen and oxygen atoms in total. The minimum atomic E-state index is -0.246. The fourth-order valence-electron chi connectivity index (χ4n) is 3.72. The molecule has 3 rings (SSSR count). The van der Waals surface area contributed by atoms with E-state index >= 15 is 0 Å². The molecule has 0 radical (unpaired) electrons. The second-order valence-corrected chi connectivity index (χ2v) is 6.66. The third-order valence-electron chi connectivity index (χ3n) is 4.83. The molecule has 1 atom stereocenters. The van der Waals surface area contributed by atoms with E-state index in [9.17, 15) is 9.18 Å². The lowest BCUT2D eigenvalue weighted by atomic mass is 9.90. The van der Waals surface area contributed by atoms with E-state index in [0.29, 0.717) is 23.9 Å². The highest BCUT2D eigenvalue weighted by Crippen LogP contribution is 2.23. The molecule has 0 spiro atoms. The first kappa shape index (κ1) is 16.2. The summed E-state index contributed by atoms with van der Waals surface area (Å²) < 4.78 is 13.8. The van der Waals surface area contributed by atoms with Gasteiger partial charge in [-0.15, -0.1) is 0 Å². The minimum absolute atomic E-state index is 0.0604. The van der Waals surface area contributed by atoms with Gasteiger partial charge in [0.25, 0.3) is 0 Å². The number of hydrogen-bond donors (Lipinski definition) is 2. The van der Waals surface area contributed by atoms with Crippen LogP contribution in [0, 0.1) is 5.82 Å². The maximum atomic E-state index is 13.8. The Morgan fingerprint density at radius 1 is 1.22 bits per heavy atom. The van der Waals surface area contributed by atoms with Gasteiger partial charge in [-0.05, 0) is 44.2 Å². The average molecular weight is 320 g/mol. The summed E-state index contributed by atoms with van der Waals surface area (Å²) in [5.41, 5.74) is 0. The van der Waals surface area contributed by atoms with Crippen LogP contribution in [0.4, 0.5) is 10.2 Å². The van der Waals surface area contributed by atoms with Gasteiger partial charge >= 0.3 is 0 Å². The van der Waals surface area contributed by atoms with Crippen molar-refractivity contribution in [2.45, 2.75) is 57.2 Å². The van der Waals surface area contributed by atoms with Gasteiger partial charge in [-0.2, -0.15) is 0 Å². The molecule has 0 aromatic carbocycles. The Hall–Kier alpha value is -1.69. The predicted octanol–water partition coefficient (Wildman–Crippen LogP) is 1.84. The van der Waals surface area contributed by atoms with Crippen LogP contribution < -0.4 is 15.5 Å². The smallest absolute Gasteiger partial charge is 0.217 e. The van der Waals surface area contributed by atoms with Crippen molar-refractivity contribution in [1.29, 1.82) is 0 Å². The fraction of sp³-hybridized carbons (Fsp3) is 0.647. The van der Waals surface area contributed by atoms with Crippen molar-refractivity contribution in [3.05, 3.63) is 24.1 Å². The number of carbonyl (C=O) groups is 1. The number of nitrogens with one attached hydrogen (secondary N) is 2. The van der Waals surface area contributed by atoms with Crippen LogP contribution in [0.25, 0.3) is 0 Å². The predicted molar refractivity (Wildman–Crippen MR) is 87.8 cm³/mol. The number of rotatable bonds is 4. The van der Waals surface area contributed by atoms with Gasteiger partial charge in [0.2, 0.25) is 5.91 Å². The number of hydrogen-bond acceptors (Lipinski definition) is 4. The quantitative estimate of drug-likeness (QED) is 0.889. The Balaban J connectivity index is 1.46. The molecule has 1 saturated carbocycles. The van der Waals surface area contributed by atoms with Crippen LogP contribution in [0.5, 0.6) is 0 Å². The van der Waals surface area contributed by atoms with E-state index < -0.39 is 0 Å². The van der Waals surface area contributed by atoms with Crippen LogP contribution in [0.3, 0.4) is 0 Å². The van der Waals surface area contributed by atoms with Crippen molar-refractivity contribution in [2.75, 3.05) is 18.0 Å². The number of carbonyl (C=O) groups excluding carboxylic acids is 1. The molecule has 126 valence electrons. The van der Waals surface area contributed by atoms with E-state index in [4.69, 9.17) is 0 Å². The summed E-state index contributed by atoms with van der Waals surface area (Å²) in [6.07, 6.45) is 6.88. The van der Waals surface area contributed by atoms with Crippen LogP contribution in [-0.4, -0.2) is 42.1 Å². The highest BCUT2D eigenvalue weighted by atomic mass is 19.1. The number of anilines is 1. The molecule has 1 aromatic rings. The molecule has 1 saturated heterocycles. The molecule has 1 unspecified atom stereocenters. The molecule has 23 heavy (non-hydrogen) atoms. The molecule has 2 aliphatic rings. The van der Waals surface area contributed by atoms with E-state index in [2.05, 4.69) is 15.6 Å². The third kappa shape index (κ3) is 4.19. The Morgan fingerprint density at radius 3 is 2.65 bits per heavy atom. The third-order valence-corrected chi connectivity index (χ3v) is 4.83. The Bertz CT molecular complexity index is 545. The highest BCUT2D eigenvalue weighted by Gasteiger charge is 2.29. The Morgan fingerprint density at radius 2 is 1.96 bits per heavy atom. The Kier molecular flexibility index (Phi) is 5.10. The van der Waals surface area contributed by atoms with Crippen molar-refractivity contribution in [3.63, 3.8) is 0 Å². The fourth-order valence-corrected chi connectivity index (χ4v) is 3.72. The van der Waals surface area contributed by atoms with Crippen LogP contribution in [0.2, 0.25) is 0 Å². The first-order valence-corrected chi connectivity index (χ1v) is 8.50. The van der Waals surface area contributed by atoms with Gasteiger partial charge in [-0.1, -0.05) is 0 Å². The first-order valence-electron chi connectivity index (χ1n) is 8.50. The largest absolute Gasteiger partial charge is 0.354 e. The van der Waals surface area contributed by atoms with Gasteiger partial charge in [0.05, 0.1) is 0 Å². The van der Waals surface area contributed by atoms with Crippen molar-refractivity contribution in [2.24, 2.45) is 0 Å². The molecule has 1 aliphatic heterocycles. The second kappa shape index (κ2) is 7.25. The standard InChI is InChI=1S/C17H25FN4O/c1-12(23)20-13-4-6-14(7-5-13)21-15-8-10-22(11-15)17-16(18)3-2-9-19-17/h2-3,9,13-15,21H,4-8,10-11H2,1H3,(H,20,23). The summed E-state index contributed by atoms with van der Waals surface area (Å²) >= 11 is 0. The van der Waals surface area contributed by atoms with Crippen molar-refractivity contribution >= 4 is 11.7 Å². The summed E-state index contributed by atoms with van der Waals surface area (Å²) in [7, 11) is 0. The van der Waals surface area contributed by atoms with E-state index in [0.717, 1.165) is 45.2 Å². The highest BCUT2D eigenvalue weighted by molar-refractivity contribution is 5.73. The van der Waals surface area contributed by atoms with Gasteiger partial charge in [0.1, 0.15) is 0 Å². The lowest BCUT2D eigenvalue weighted by Crippen LogP contribution is -2.45. The lowest BCUT2D eigenvalue weighted by molar-refractivity contribution is -0.119. The summed E-state index contributed by atoms with van der Waals surface area (Å²) in [5, 5.41) is 6.71. The molecular formula is C17H25FN4O. The van der Waals surface area contributed by atoms with E-state index in [1.807, 2.05) is 4.90 Å².